The molecule has 226 valence electrons. The van der Waals surface area contributed by atoms with Crippen molar-refractivity contribution in [1.29, 1.82) is 0 Å². The Morgan fingerprint density at radius 3 is 2.30 bits per heavy atom. The van der Waals surface area contributed by atoms with Gasteiger partial charge in [0.05, 0.1) is 6.20 Å². The van der Waals surface area contributed by atoms with Gasteiger partial charge in [0.15, 0.2) is 11.5 Å². The van der Waals surface area contributed by atoms with Crippen LogP contribution in [0.4, 0.5) is 21.7 Å². The number of primary amides is 1. The fourth-order valence-electron chi connectivity index (χ4n) is 6.82. The molecular weight excluding hydrogens is 545 g/mol. The van der Waals surface area contributed by atoms with Gasteiger partial charge in [0.25, 0.3) is 11.8 Å². The van der Waals surface area contributed by atoms with Gasteiger partial charge in [0, 0.05) is 36.4 Å². The number of piperidine rings is 2. The van der Waals surface area contributed by atoms with Crippen molar-refractivity contribution in [3.05, 3.63) is 77.4 Å². The van der Waals surface area contributed by atoms with E-state index in [-0.39, 0.29) is 23.5 Å². The van der Waals surface area contributed by atoms with Crippen molar-refractivity contribution in [2.24, 2.45) is 5.73 Å². The zero-order valence-corrected chi connectivity index (χ0v) is 24.5. The number of benzene rings is 2. The molecule has 3 fully saturated rings. The van der Waals surface area contributed by atoms with E-state index in [0.717, 1.165) is 31.1 Å². The number of carbonyl (C=O) groups excluding carboxylic acids is 2. The first-order valence-corrected chi connectivity index (χ1v) is 15.5. The monoisotopic (exact) mass is 585 g/mol. The predicted molar refractivity (Wildman–Crippen MR) is 165 cm³/mol. The molecule has 3 heterocycles. The van der Waals surface area contributed by atoms with E-state index < -0.39 is 5.91 Å². The largest absolute Gasteiger partial charge is 0.364 e. The quantitative estimate of drug-likeness (QED) is 0.342. The van der Waals surface area contributed by atoms with Crippen molar-refractivity contribution in [3.8, 4) is 0 Å². The molecule has 3 aromatic rings. The maximum atomic E-state index is 13.3. The number of hydrogen-bond acceptors (Lipinski definition) is 7. The molecule has 2 saturated heterocycles. The Bertz CT molecular complexity index is 1420. The number of nitrogens with zero attached hydrogens (tertiary/aromatic N) is 4. The first-order valence-electron chi connectivity index (χ1n) is 15.5. The van der Waals surface area contributed by atoms with Gasteiger partial charge in [0.1, 0.15) is 11.6 Å². The number of hydrogen-bond donors (Lipinski definition) is 3. The van der Waals surface area contributed by atoms with E-state index in [9.17, 15) is 14.0 Å². The smallest absolute Gasteiger partial charge is 0.271 e. The van der Waals surface area contributed by atoms with E-state index in [0.29, 0.717) is 29.7 Å². The van der Waals surface area contributed by atoms with Crippen LogP contribution >= 0.6 is 0 Å². The Kier molecular flexibility index (Phi) is 8.83. The van der Waals surface area contributed by atoms with Gasteiger partial charge in [-0.3, -0.25) is 9.59 Å². The number of carbonyl (C=O) groups is 2. The van der Waals surface area contributed by atoms with Crippen molar-refractivity contribution in [2.75, 3.05) is 36.4 Å². The minimum Gasteiger partial charge on any atom is -0.364 e. The average Bonchev–Trinajstić information content (AvgIpc) is 3.57. The second-order valence-electron chi connectivity index (χ2n) is 12.1. The summed E-state index contributed by atoms with van der Waals surface area (Å²) in [4.78, 5) is 38.7. The number of halogens is 1. The van der Waals surface area contributed by atoms with Crippen molar-refractivity contribution >= 4 is 29.1 Å². The molecule has 3 aliphatic rings. The number of rotatable bonds is 8. The topological polar surface area (TPSA) is 116 Å². The maximum Gasteiger partial charge on any atom is 0.271 e. The summed E-state index contributed by atoms with van der Waals surface area (Å²) in [5, 5.41) is 6.31. The summed E-state index contributed by atoms with van der Waals surface area (Å²) in [6.07, 6.45) is 11.0. The van der Waals surface area contributed by atoms with Gasteiger partial charge in [-0.05, 0) is 99.5 Å². The summed E-state index contributed by atoms with van der Waals surface area (Å²) in [5.41, 5.74) is 8.28. The number of likely N-dealkylation sites (tertiary alicyclic amines) is 1. The van der Waals surface area contributed by atoms with E-state index in [1.807, 2.05) is 17.0 Å². The third-order valence-corrected chi connectivity index (χ3v) is 9.20. The highest BCUT2D eigenvalue weighted by Crippen LogP contribution is 2.33. The van der Waals surface area contributed by atoms with Crippen LogP contribution in [-0.4, -0.2) is 64.9 Å². The summed E-state index contributed by atoms with van der Waals surface area (Å²) < 4.78 is 13.3. The molecule has 43 heavy (non-hydrogen) atoms. The highest BCUT2D eigenvalue weighted by atomic mass is 19.1. The van der Waals surface area contributed by atoms with E-state index in [2.05, 4.69) is 32.7 Å². The molecule has 1 aliphatic carbocycles. The van der Waals surface area contributed by atoms with Crippen LogP contribution in [-0.2, 0) is 0 Å². The Morgan fingerprint density at radius 2 is 1.60 bits per heavy atom. The Labute approximate surface area is 252 Å². The lowest BCUT2D eigenvalue weighted by Gasteiger charge is -2.36. The second-order valence-corrected chi connectivity index (χ2v) is 12.1. The van der Waals surface area contributed by atoms with Crippen LogP contribution in [0.3, 0.4) is 0 Å². The van der Waals surface area contributed by atoms with Crippen molar-refractivity contribution in [2.45, 2.75) is 69.4 Å². The van der Waals surface area contributed by atoms with Crippen LogP contribution < -0.4 is 21.3 Å². The molecule has 9 nitrogen and oxygen atoms in total. The van der Waals surface area contributed by atoms with Gasteiger partial charge in [-0.2, -0.15) is 0 Å². The molecule has 2 amide bonds. The lowest BCUT2D eigenvalue weighted by Crippen LogP contribution is -2.48. The SMILES string of the molecule is NC(=O)c1ncc(N2CCCC(NC(=O)c3ccc(F)cc3)C2)nc1Nc1ccc(C2CCN(C3CCCC3)CC2)cc1. The van der Waals surface area contributed by atoms with Crippen LogP contribution in [0.5, 0.6) is 0 Å². The molecule has 0 radical (unpaired) electrons. The highest BCUT2D eigenvalue weighted by molar-refractivity contribution is 5.96. The normalized spacial score (nSPS) is 20.2. The van der Waals surface area contributed by atoms with Gasteiger partial charge in [-0.15, -0.1) is 0 Å². The number of anilines is 3. The molecule has 1 aromatic heterocycles. The molecule has 6 rings (SSSR count). The van der Waals surface area contributed by atoms with Crippen LogP contribution in [0.1, 0.15) is 83.7 Å². The Balaban J connectivity index is 1.10. The predicted octanol–water partition coefficient (Wildman–Crippen LogP) is 4.98. The summed E-state index contributed by atoms with van der Waals surface area (Å²) in [7, 11) is 0. The van der Waals surface area contributed by atoms with Crippen LogP contribution in [0, 0.1) is 5.82 Å². The standard InChI is InChI=1S/C33H40FN7O2/c34-25-11-7-24(8-12-25)33(43)38-27-4-3-17-41(21-27)29-20-36-30(31(35)42)32(39-29)37-26-13-9-22(10-14-26)23-15-18-40(19-16-23)28-5-1-2-6-28/h7-14,20,23,27-28H,1-6,15-19,21H2,(H2,35,42)(H,37,39)(H,38,43). The third-order valence-electron chi connectivity index (χ3n) is 9.20. The lowest BCUT2D eigenvalue weighted by molar-refractivity contribution is 0.0931. The van der Waals surface area contributed by atoms with Gasteiger partial charge < -0.3 is 26.2 Å². The number of nitrogens with two attached hydrogens (primary N) is 1. The molecule has 2 aromatic carbocycles. The molecule has 4 N–H and O–H groups in total. The molecule has 0 bridgehead atoms. The fourth-order valence-corrected chi connectivity index (χ4v) is 6.82. The first kappa shape index (κ1) is 29.0. The van der Waals surface area contributed by atoms with Crippen molar-refractivity contribution in [1.82, 2.24) is 20.2 Å². The van der Waals surface area contributed by atoms with Crippen LogP contribution in [0.15, 0.2) is 54.7 Å². The minimum absolute atomic E-state index is 0.0743. The Morgan fingerprint density at radius 1 is 0.884 bits per heavy atom. The summed E-state index contributed by atoms with van der Waals surface area (Å²) >= 11 is 0. The zero-order chi connectivity index (χ0) is 29.8. The van der Waals surface area contributed by atoms with E-state index in [1.54, 1.807) is 6.20 Å². The number of amides is 2. The zero-order valence-electron chi connectivity index (χ0n) is 24.5. The molecule has 10 heteroatoms. The Hall–Kier alpha value is -4.05. The molecule has 1 saturated carbocycles. The van der Waals surface area contributed by atoms with E-state index >= 15 is 0 Å². The molecule has 0 spiro atoms. The van der Waals surface area contributed by atoms with Crippen molar-refractivity contribution in [3.63, 3.8) is 0 Å². The van der Waals surface area contributed by atoms with Crippen LogP contribution in [0.25, 0.3) is 0 Å². The molecule has 2 aliphatic heterocycles. The second kappa shape index (κ2) is 13.1. The minimum atomic E-state index is -0.657. The summed E-state index contributed by atoms with van der Waals surface area (Å²) in [5.74, 6) is 0.182. The van der Waals surface area contributed by atoms with Gasteiger partial charge in [-0.25, -0.2) is 14.4 Å². The van der Waals surface area contributed by atoms with Gasteiger partial charge >= 0.3 is 0 Å². The summed E-state index contributed by atoms with van der Waals surface area (Å²) in [6.45, 7) is 3.62. The third kappa shape index (κ3) is 6.96. The highest BCUT2D eigenvalue weighted by Gasteiger charge is 2.28. The van der Waals surface area contributed by atoms with E-state index in [4.69, 9.17) is 10.7 Å². The average molecular weight is 586 g/mol. The van der Waals surface area contributed by atoms with Gasteiger partial charge in [0.2, 0.25) is 0 Å². The fraction of sp³-hybridized carbons (Fsp3) is 0.455. The van der Waals surface area contributed by atoms with E-state index in [1.165, 1.54) is 81.4 Å². The maximum absolute atomic E-state index is 13.3. The van der Waals surface area contributed by atoms with Crippen molar-refractivity contribution < 1.29 is 14.0 Å². The molecule has 1 atom stereocenters. The lowest BCUT2D eigenvalue weighted by atomic mass is 9.88. The number of aromatic nitrogens is 2. The first-order chi connectivity index (χ1) is 20.9. The molecular formula is C33H40FN7O2. The van der Waals surface area contributed by atoms with Gasteiger partial charge in [-0.1, -0.05) is 25.0 Å². The van der Waals surface area contributed by atoms with Crippen LogP contribution in [0.2, 0.25) is 0 Å². The summed E-state index contributed by atoms with van der Waals surface area (Å²) in [6, 6.07) is 14.6. The number of nitrogens with one attached hydrogen (secondary N) is 2. The molecule has 1 unspecified atom stereocenters.